The molecule has 0 saturated carbocycles. The normalized spacial score (nSPS) is 12.7. The maximum atomic E-state index is 14.1. The Morgan fingerprint density at radius 1 is 0.975 bits per heavy atom. The summed E-state index contributed by atoms with van der Waals surface area (Å²) in [5, 5.41) is 3.02. The van der Waals surface area contributed by atoms with Gasteiger partial charge >= 0.3 is 0 Å². The first-order valence-electron chi connectivity index (χ1n) is 13.0. The van der Waals surface area contributed by atoms with Crippen LogP contribution in [0.4, 0.5) is 5.69 Å². The molecular weight excluding hydrogens is 594 g/mol. The molecule has 10 heteroatoms. The van der Waals surface area contributed by atoms with Gasteiger partial charge in [0.2, 0.25) is 21.8 Å². The van der Waals surface area contributed by atoms with Crippen molar-refractivity contribution in [3.8, 4) is 5.75 Å². The molecule has 0 unspecified atom stereocenters. The van der Waals surface area contributed by atoms with Crippen molar-refractivity contribution in [2.24, 2.45) is 0 Å². The van der Waals surface area contributed by atoms with Gasteiger partial charge in [0.15, 0.2) is 0 Å². The van der Waals surface area contributed by atoms with Gasteiger partial charge in [0, 0.05) is 23.5 Å². The summed E-state index contributed by atoms with van der Waals surface area (Å²) in [6, 6.07) is 22.4. The number of nitrogens with one attached hydrogen (secondary N) is 1. The lowest BCUT2D eigenvalue weighted by molar-refractivity contribution is -0.140. The fraction of sp³-hybridized carbons (Fsp3) is 0.333. The van der Waals surface area contributed by atoms with E-state index in [2.05, 4.69) is 21.2 Å². The van der Waals surface area contributed by atoms with E-state index >= 15 is 0 Å². The molecule has 40 heavy (non-hydrogen) atoms. The van der Waals surface area contributed by atoms with E-state index in [1.807, 2.05) is 56.3 Å². The number of sulfonamides is 1. The summed E-state index contributed by atoms with van der Waals surface area (Å²) in [7, 11) is -2.26. The van der Waals surface area contributed by atoms with E-state index in [-0.39, 0.29) is 24.9 Å². The SMILES string of the molecule is CC[C@H](C)NC(=O)[C@@H](Cc1ccccc1)N(Cc1cccc(OC)c1)C(=O)CN(c1ccc(Br)cc1)S(C)(=O)=O. The first-order valence-corrected chi connectivity index (χ1v) is 15.7. The summed E-state index contributed by atoms with van der Waals surface area (Å²) in [6.07, 6.45) is 2.04. The van der Waals surface area contributed by atoms with Gasteiger partial charge in [-0.25, -0.2) is 8.42 Å². The fourth-order valence-corrected chi connectivity index (χ4v) is 5.30. The van der Waals surface area contributed by atoms with Crippen LogP contribution < -0.4 is 14.4 Å². The maximum Gasteiger partial charge on any atom is 0.244 e. The number of amides is 2. The van der Waals surface area contributed by atoms with Gasteiger partial charge in [0.1, 0.15) is 18.3 Å². The number of benzene rings is 3. The zero-order valence-corrected chi connectivity index (χ0v) is 25.6. The van der Waals surface area contributed by atoms with Crippen LogP contribution in [0.3, 0.4) is 0 Å². The molecule has 0 fully saturated rings. The summed E-state index contributed by atoms with van der Waals surface area (Å²) < 4.78 is 32.9. The highest BCUT2D eigenvalue weighted by molar-refractivity contribution is 9.10. The third-order valence-corrected chi connectivity index (χ3v) is 8.22. The number of methoxy groups -OCH3 is 1. The maximum absolute atomic E-state index is 14.1. The highest BCUT2D eigenvalue weighted by atomic mass is 79.9. The van der Waals surface area contributed by atoms with Gasteiger partial charge in [0.05, 0.1) is 19.1 Å². The van der Waals surface area contributed by atoms with Crippen molar-refractivity contribution in [2.45, 2.75) is 45.3 Å². The lowest BCUT2D eigenvalue weighted by atomic mass is 10.0. The second-order valence-electron chi connectivity index (χ2n) is 9.64. The number of rotatable bonds is 13. The molecule has 2 amide bonds. The van der Waals surface area contributed by atoms with E-state index in [0.29, 0.717) is 11.4 Å². The molecule has 0 saturated heterocycles. The summed E-state index contributed by atoms with van der Waals surface area (Å²) in [5.41, 5.74) is 1.98. The van der Waals surface area contributed by atoms with Crippen LogP contribution in [0.25, 0.3) is 0 Å². The van der Waals surface area contributed by atoms with Crippen LogP contribution >= 0.6 is 15.9 Å². The Balaban J connectivity index is 2.06. The van der Waals surface area contributed by atoms with Gasteiger partial charge in [-0.3, -0.25) is 13.9 Å². The number of hydrogen-bond acceptors (Lipinski definition) is 5. The molecule has 3 rings (SSSR count). The number of nitrogens with zero attached hydrogens (tertiary/aromatic N) is 2. The molecule has 3 aromatic carbocycles. The summed E-state index contributed by atoms with van der Waals surface area (Å²) in [4.78, 5) is 29.3. The lowest BCUT2D eigenvalue weighted by Crippen LogP contribution is -2.54. The first kappa shape index (κ1) is 31.2. The summed E-state index contributed by atoms with van der Waals surface area (Å²) in [5.74, 6) is -0.193. The first-order chi connectivity index (χ1) is 19.0. The number of anilines is 1. The van der Waals surface area contributed by atoms with Gasteiger partial charge in [-0.1, -0.05) is 65.3 Å². The van der Waals surface area contributed by atoms with Crippen molar-refractivity contribution in [3.05, 3.63) is 94.5 Å². The van der Waals surface area contributed by atoms with Crippen molar-refractivity contribution in [2.75, 3.05) is 24.2 Å². The molecule has 0 aliphatic heterocycles. The largest absolute Gasteiger partial charge is 0.497 e. The lowest BCUT2D eigenvalue weighted by Gasteiger charge is -2.34. The van der Waals surface area contributed by atoms with Gasteiger partial charge < -0.3 is 15.0 Å². The van der Waals surface area contributed by atoms with Crippen molar-refractivity contribution in [1.82, 2.24) is 10.2 Å². The van der Waals surface area contributed by atoms with E-state index in [1.54, 1.807) is 43.5 Å². The number of carbonyl (C=O) groups excluding carboxylic acids is 2. The van der Waals surface area contributed by atoms with Crippen LogP contribution in [0.2, 0.25) is 0 Å². The van der Waals surface area contributed by atoms with Crippen LogP contribution in [0.1, 0.15) is 31.4 Å². The molecule has 0 heterocycles. The van der Waals surface area contributed by atoms with Crippen LogP contribution in [0.15, 0.2) is 83.3 Å². The molecule has 0 aromatic heterocycles. The number of hydrogen-bond donors (Lipinski definition) is 1. The molecule has 1 N–H and O–H groups in total. The van der Waals surface area contributed by atoms with Crippen molar-refractivity contribution in [1.29, 1.82) is 0 Å². The third-order valence-electron chi connectivity index (χ3n) is 6.55. The molecule has 0 bridgehead atoms. The number of carbonyl (C=O) groups is 2. The zero-order valence-electron chi connectivity index (χ0n) is 23.2. The Bertz CT molecular complexity index is 1380. The monoisotopic (exact) mass is 629 g/mol. The van der Waals surface area contributed by atoms with E-state index in [4.69, 9.17) is 4.74 Å². The van der Waals surface area contributed by atoms with Crippen LogP contribution in [0.5, 0.6) is 5.75 Å². The molecule has 3 aromatic rings. The minimum absolute atomic E-state index is 0.0827. The minimum Gasteiger partial charge on any atom is -0.497 e. The second kappa shape index (κ2) is 14.3. The molecule has 0 radical (unpaired) electrons. The predicted molar refractivity (Wildman–Crippen MR) is 162 cm³/mol. The highest BCUT2D eigenvalue weighted by Gasteiger charge is 2.33. The second-order valence-corrected chi connectivity index (χ2v) is 12.5. The topological polar surface area (TPSA) is 96.0 Å². The molecule has 8 nitrogen and oxygen atoms in total. The summed E-state index contributed by atoms with van der Waals surface area (Å²) >= 11 is 3.36. The molecule has 0 spiro atoms. The van der Waals surface area contributed by atoms with E-state index in [0.717, 1.165) is 32.6 Å². The van der Waals surface area contributed by atoms with Crippen LogP contribution in [-0.4, -0.2) is 57.1 Å². The molecule has 2 atom stereocenters. The van der Waals surface area contributed by atoms with E-state index in [1.165, 1.54) is 4.90 Å². The molecule has 0 aliphatic rings. The number of ether oxygens (including phenoxy) is 1. The van der Waals surface area contributed by atoms with Gasteiger partial charge in [-0.05, 0) is 60.9 Å². The highest BCUT2D eigenvalue weighted by Crippen LogP contribution is 2.23. The van der Waals surface area contributed by atoms with Gasteiger partial charge in [-0.15, -0.1) is 0 Å². The molecule has 214 valence electrons. The van der Waals surface area contributed by atoms with Gasteiger partial charge in [0.25, 0.3) is 0 Å². The van der Waals surface area contributed by atoms with E-state index < -0.39 is 28.5 Å². The fourth-order valence-electron chi connectivity index (χ4n) is 4.18. The standard InChI is InChI=1S/C30H36BrN3O5S/c1-5-22(2)32-30(36)28(19-23-10-7-6-8-11-23)33(20-24-12-9-13-27(18-24)39-3)29(35)21-34(40(4,37)38)26-16-14-25(31)15-17-26/h6-18,22,28H,5,19-21H2,1-4H3,(H,32,36)/t22-,28+/m0/s1. The zero-order chi connectivity index (χ0) is 29.3. The quantitative estimate of drug-likeness (QED) is 0.294. The average molecular weight is 631 g/mol. The Kier molecular flexibility index (Phi) is 11.2. The van der Waals surface area contributed by atoms with Crippen LogP contribution in [0, 0.1) is 0 Å². The number of halogens is 1. The minimum atomic E-state index is -3.82. The van der Waals surface area contributed by atoms with Crippen molar-refractivity contribution < 1.29 is 22.7 Å². The Hall–Kier alpha value is -3.37. The van der Waals surface area contributed by atoms with Crippen LogP contribution in [-0.2, 0) is 32.6 Å². The smallest absolute Gasteiger partial charge is 0.244 e. The molecular formula is C30H36BrN3O5S. The Labute approximate surface area is 245 Å². The van der Waals surface area contributed by atoms with E-state index in [9.17, 15) is 18.0 Å². The van der Waals surface area contributed by atoms with Crippen molar-refractivity contribution >= 4 is 43.5 Å². The Morgan fingerprint density at radius 2 is 1.62 bits per heavy atom. The Morgan fingerprint density at radius 3 is 2.23 bits per heavy atom. The third kappa shape index (κ3) is 8.82. The molecule has 0 aliphatic carbocycles. The predicted octanol–water partition coefficient (Wildman–Crippen LogP) is 4.78. The van der Waals surface area contributed by atoms with Crippen molar-refractivity contribution in [3.63, 3.8) is 0 Å². The average Bonchev–Trinajstić information content (AvgIpc) is 2.94. The summed E-state index contributed by atoms with van der Waals surface area (Å²) in [6.45, 7) is 3.49. The van der Waals surface area contributed by atoms with Gasteiger partial charge in [-0.2, -0.15) is 0 Å².